The molecule has 0 aliphatic heterocycles. The van der Waals surface area contributed by atoms with Gasteiger partial charge in [-0.1, -0.05) is 36.4 Å². The molecule has 2 saturated carbocycles. The molecular formula is C36H40O5. The Morgan fingerprint density at radius 3 is 2.32 bits per heavy atom. The summed E-state index contributed by atoms with van der Waals surface area (Å²) >= 11 is 0. The van der Waals surface area contributed by atoms with Crippen LogP contribution in [0.5, 0.6) is 11.5 Å². The minimum atomic E-state index is -0.706. The van der Waals surface area contributed by atoms with Crippen LogP contribution in [0.3, 0.4) is 0 Å². The van der Waals surface area contributed by atoms with Crippen molar-refractivity contribution in [3.05, 3.63) is 88.5 Å². The van der Waals surface area contributed by atoms with Crippen molar-refractivity contribution in [2.24, 2.45) is 11.3 Å². The molecule has 0 aromatic heterocycles. The Labute approximate surface area is 243 Å². The lowest BCUT2D eigenvalue weighted by molar-refractivity contribution is -0.138. The molecule has 5 heteroatoms. The molecule has 2 fully saturated rings. The quantitative estimate of drug-likeness (QED) is 0.261. The van der Waals surface area contributed by atoms with Crippen molar-refractivity contribution in [2.45, 2.75) is 64.9 Å². The van der Waals surface area contributed by atoms with E-state index >= 15 is 0 Å². The zero-order valence-corrected chi connectivity index (χ0v) is 24.6. The van der Waals surface area contributed by atoms with Crippen LogP contribution in [0, 0.1) is 25.2 Å². The molecule has 0 amide bonds. The van der Waals surface area contributed by atoms with Gasteiger partial charge in [0.1, 0.15) is 17.6 Å². The van der Waals surface area contributed by atoms with E-state index in [0.29, 0.717) is 6.61 Å². The first-order chi connectivity index (χ1) is 19.7. The van der Waals surface area contributed by atoms with E-state index in [9.17, 15) is 9.90 Å². The summed E-state index contributed by atoms with van der Waals surface area (Å²) in [5.74, 6) is 0.898. The van der Waals surface area contributed by atoms with Crippen molar-refractivity contribution >= 4 is 11.5 Å². The molecule has 3 aliphatic rings. The van der Waals surface area contributed by atoms with E-state index in [0.717, 1.165) is 66.9 Å². The molecule has 0 heterocycles. The smallest absolute Gasteiger partial charge is 0.307 e. The second-order valence-corrected chi connectivity index (χ2v) is 12.5. The second-order valence-electron chi connectivity index (χ2n) is 12.5. The third-order valence-corrected chi connectivity index (χ3v) is 9.22. The number of carboxylic acid groups (broad SMARTS) is 1. The van der Waals surface area contributed by atoms with Crippen LogP contribution in [-0.4, -0.2) is 31.4 Å². The first-order valence-corrected chi connectivity index (χ1v) is 14.7. The number of fused-ring (bicyclic) bond motifs is 1. The molecule has 3 aromatic rings. The van der Waals surface area contributed by atoms with Crippen molar-refractivity contribution in [2.75, 3.05) is 20.3 Å². The molecule has 3 unspecified atom stereocenters. The number of hydrogen-bond acceptors (Lipinski definition) is 4. The molecule has 0 spiro atoms. The Hall–Kier alpha value is -3.57. The maximum atomic E-state index is 11.3. The lowest BCUT2D eigenvalue weighted by Gasteiger charge is -2.22. The molecule has 41 heavy (non-hydrogen) atoms. The van der Waals surface area contributed by atoms with E-state index in [1.807, 2.05) is 24.3 Å². The minimum Gasteiger partial charge on any atom is -0.493 e. The predicted molar refractivity (Wildman–Crippen MR) is 162 cm³/mol. The SMILES string of the molecule is C=C(C)c1ccc(-c2c(C)cc(OCC3(COC)CC3)cc2C)c2c1C(Oc1ccc(C3CC3C(=O)O)cc1)CC2. The summed E-state index contributed by atoms with van der Waals surface area (Å²) < 4.78 is 18.3. The number of hydrogen-bond donors (Lipinski definition) is 1. The number of methoxy groups -OCH3 is 1. The van der Waals surface area contributed by atoms with Gasteiger partial charge in [-0.3, -0.25) is 4.79 Å². The Morgan fingerprint density at radius 1 is 1.02 bits per heavy atom. The summed E-state index contributed by atoms with van der Waals surface area (Å²) in [5.41, 5.74) is 11.0. The summed E-state index contributed by atoms with van der Waals surface area (Å²) in [7, 11) is 1.76. The van der Waals surface area contributed by atoms with Crippen molar-refractivity contribution in [3.63, 3.8) is 0 Å². The summed E-state index contributed by atoms with van der Waals surface area (Å²) in [6.07, 6.45) is 4.83. The van der Waals surface area contributed by atoms with E-state index in [4.69, 9.17) is 14.2 Å². The highest BCUT2D eigenvalue weighted by atomic mass is 16.5. The summed E-state index contributed by atoms with van der Waals surface area (Å²) in [6.45, 7) is 12.1. The summed E-state index contributed by atoms with van der Waals surface area (Å²) in [5, 5.41) is 9.28. The molecule has 6 rings (SSSR count). The van der Waals surface area contributed by atoms with Crippen molar-refractivity contribution in [1.82, 2.24) is 0 Å². The Balaban J connectivity index is 1.26. The first-order valence-electron chi connectivity index (χ1n) is 14.7. The summed E-state index contributed by atoms with van der Waals surface area (Å²) in [6, 6.07) is 16.8. The molecule has 214 valence electrons. The number of ether oxygens (including phenoxy) is 3. The zero-order chi connectivity index (χ0) is 28.9. The van der Waals surface area contributed by atoms with Gasteiger partial charge in [0, 0.05) is 18.1 Å². The number of allylic oxidation sites excluding steroid dienone is 1. The first kappa shape index (κ1) is 27.6. The van der Waals surface area contributed by atoms with Crippen molar-refractivity contribution < 1.29 is 24.1 Å². The van der Waals surface area contributed by atoms with Gasteiger partial charge in [-0.25, -0.2) is 0 Å². The summed E-state index contributed by atoms with van der Waals surface area (Å²) in [4.78, 5) is 11.3. The fourth-order valence-corrected chi connectivity index (χ4v) is 6.72. The van der Waals surface area contributed by atoms with E-state index in [2.05, 4.69) is 51.6 Å². The van der Waals surface area contributed by atoms with E-state index in [1.54, 1.807) is 7.11 Å². The van der Waals surface area contributed by atoms with Crippen molar-refractivity contribution in [3.8, 4) is 22.6 Å². The highest BCUT2D eigenvalue weighted by Gasteiger charge is 2.44. The number of carbonyl (C=O) groups is 1. The largest absolute Gasteiger partial charge is 0.493 e. The van der Waals surface area contributed by atoms with Crippen LogP contribution in [0.25, 0.3) is 16.7 Å². The molecule has 1 N–H and O–H groups in total. The lowest BCUT2D eigenvalue weighted by atomic mass is 9.87. The van der Waals surface area contributed by atoms with Gasteiger partial charge in [0.15, 0.2) is 0 Å². The van der Waals surface area contributed by atoms with Crippen LogP contribution in [0.2, 0.25) is 0 Å². The number of benzene rings is 3. The number of carboxylic acids is 1. The Morgan fingerprint density at radius 2 is 1.73 bits per heavy atom. The van der Waals surface area contributed by atoms with Gasteiger partial charge < -0.3 is 19.3 Å². The van der Waals surface area contributed by atoms with Crippen LogP contribution in [0.1, 0.15) is 78.0 Å². The van der Waals surface area contributed by atoms with E-state index in [1.165, 1.54) is 33.4 Å². The highest BCUT2D eigenvalue weighted by Crippen LogP contribution is 2.49. The topological polar surface area (TPSA) is 65.0 Å². The fraction of sp³-hybridized carbons (Fsp3) is 0.417. The van der Waals surface area contributed by atoms with Crippen LogP contribution in [0.4, 0.5) is 0 Å². The average Bonchev–Trinajstić information content (AvgIpc) is 3.85. The van der Waals surface area contributed by atoms with Crippen molar-refractivity contribution in [1.29, 1.82) is 0 Å². The van der Waals surface area contributed by atoms with Crippen LogP contribution < -0.4 is 9.47 Å². The van der Waals surface area contributed by atoms with Gasteiger partial charge in [-0.2, -0.15) is 0 Å². The standard InChI is InChI=1S/C36H40O5/c1-21(2)27-10-11-28(33-22(3)16-26(17-23(33)4)40-20-36(14-15-36)19-39-5)29-12-13-32(34(27)29)41-25-8-6-24(7-9-25)30-18-31(30)35(37)38/h6-11,16-17,30-32H,1,12-15,18-20H2,2-5H3,(H,37,38). The molecule has 5 nitrogen and oxygen atoms in total. The maximum Gasteiger partial charge on any atom is 0.307 e. The molecule has 3 aromatic carbocycles. The van der Waals surface area contributed by atoms with E-state index in [-0.39, 0.29) is 23.4 Å². The van der Waals surface area contributed by atoms with Gasteiger partial charge in [0.25, 0.3) is 0 Å². The van der Waals surface area contributed by atoms with Crippen LogP contribution >= 0.6 is 0 Å². The molecule has 0 bridgehead atoms. The molecule has 0 saturated heterocycles. The highest BCUT2D eigenvalue weighted by molar-refractivity contribution is 5.80. The van der Waals surface area contributed by atoms with Crippen LogP contribution in [0.15, 0.2) is 55.1 Å². The monoisotopic (exact) mass is 552 g/mol. The minimum absolute atomic E-state index is 0.0612. The van der Waals surface area contributed by atoms with Gasteiger partial charge in [0.2, 0.25) is 0 Å². The van der Waals surface area contributed by atoms with Crippen LogP contribution in [-0.2, 0) is 16.0 Å². The maximum absolute atomic E-state index is 11.3. The molecular weight excluding hydrogens is 512 g/mol. The third-order valence-electron chi connectivity index (χ3n) is 9.22. The molecule has 0 radical (unpaired) electrons. The lowest BCUT2D eigenvalue weighted by Crippen LogP contribution is -2.18. The van der Waals surface area contributed by atoms with Gasteiger partial charge >= 0.3 is 5.97 Å². The number of aryl methyl sites for hydroxylation is 2. The number of aliphatic carboxylic acids is 1. The van der Waals surface area contributed by atoms with Gasteiger partial charge in [0.05, 0.1) is 19.1 Å². The van der Waals surface area contributed by atoms with Gasteiger partial charge in [-0.05, 0) is 122 Å². The zero-order valence-electron chi connectivity index (χ0n) is 24.6. The predicted octanol–water partition coefficient (Wildman–Crippen LogP) is 8.06. The van der Waals surface area contributed by atoms with E-state index < -0.39 is 5.97 Å². The third kappa shape index (κ3) is 5.40. The molecule has 3 aliphatic carbocycles. The second kappa shape index (κ2) is 10.7. The number of rotatable bonds is 11. The Kier molecular flexibility index (Phi) is 7.19. The normalized spacial score (nSPS) is 21.7. The van der Waals surface area contributed by atoms with Gasteiger partial charge in [-0.15, -0.1) is 0 Å². The Bertz CT molecular complexity index is 1470. The average molecular weight is 553 g/mol. The molecule has 3 atom stereocenters. The fourth-order valence-electron chi connectivity index (χ4n) is 6.72.